The van der Waals surface area contributed by atoms with Gasteiger partial charge in [-0.25, -0.2) is 13.2 Å². The Kier molecular flexibility index (Phi) is 4.28. The molecule has 2 N–H and O–H groups in total. The van der Waals surface area contributed by atoms with Gasteiger partial charge in [0.05, 0.1) is 5.56 Å². The molecular weight excluding hydrogens is 332 g/mol. The van der Waals surface area contributed by atoms with Crippen LogP contribution in [0.2, 0.25) is 0 Å². The van der Waals surface area contributed by atoms with Gasteiger partial charge in [-0.05, 0) is 18.5 Å². The predicted molar refractivity (Wildman–Crippen MR) is 82.8 cm³/mol. The molecule has 0 aromatic carbocycles. The average molecular weight is 348 g/mol. The monoisotopic (exact) mass is 348 g/mol. The fourth-order valence-electron chi connectivity index (χ4n) is 2.61. The van der Waals surface area contributed by atoms with Crippen molar-refractivity contribution >= 4 is 39.1 Å². The van der Waals surface area contributed by atoms with E-state index in [-0.39, 0.29) is 9.77 Å². The molecule has 3 heterocycles. The number of sulfonamides is 1. The predicted octanol–water partition coefficient (Wildman–Crippen LogP) is 0.829. The summed E-state index contributed by atoms with van der Waals surface area (Å²) in [5.41, 5.74) is 0.686. The number of hydrogen-bond donors (Lipinski definition) is 2. The van der Waals surface area contributed by atoms with E-state index in [0.29, 0.717) is 38.2 Å². The summed E-state index contributed by atoms with van der Waals surface area (Å²) in [6, 6.07) is 0. The van der Waals surface area contributed by atoms with Crippen molar-refractivity contribution in [1.82, 2.24) is 9.62 Å². The van der Waals surface area contributed by atoms with Crippen molar-refractivity contribution in [3.8, 4) is 0 Å². The SMILES string of the molecule is O=C(O)c1c(S(=O)(=O)N2CCSCC2)sc2c1CCNC2. The zero-order valence-corrected chi connectivity index (χ0v) is 13.7. The Morgan fingerprint density at radius 1 is 1.29 bits per heavy atom. The van der Waals surface area contributed by atoms with E-state index >= 15 is 0 Å². The van der Waals surface area contributed by atoms with Gasteiger partial charge in [0.15, 0.2) is 0 Å². The van der Waals surface area contributed by atoms with Crippen LogP contribution in [0.1, 0.15) is 20.8 Å². The summed E-state index contributed by atoms with van der Waals surface area (Å²) in [6.07, 6.45) is 0.568. The van der Waals surface area contributed by atoms with Gasteiger partial charge in [0.1, 0.15) is 4.21 Å². The van der Waals surface area contributed by atoms with E-state index in [1.54, 1.807) is 11.8 Å². The molecule has 6 nitrogen and oxygen atoms in total. The standard InChI is InChI=1S/C12H16N2O4S3/c15-11(16)10-8-1-2-13-7-9(8)20-12(10)21(17,18)14-3-5-19-6-4-14/h13H,1-7H2,(H,15,16). The number of hydrogen-bond acceptors (Lipinski definition) is 6. The molecule has 0 radical (unpaired) electrons. The number of nitrogens with zero attached hydrogens (tertiary/aromatic N) is 1. The summed E-state index contributed by atoms with van der Waals surface area (Å²) in [5.74, 6) is 0.377. The summed E-state index contributed by atoms with van der Waals surface area (Å²) in [5, 5.41) is 12.6. The number of nitrogens with one attached hydrogen (secondary N) is 1. The Labute approximate surface area is 131 Å². The Bertz CT molecular complexity index is 662. The summed E-state index contributed by atoms with van der Waals surface area (Å²) in [6.45, 7) is 2.13. The van der Waals surface area contributed by atoms with Gasteiger partial charge in [0.25, 0.3) is 10.0 Å². The van der Waals surface area contributed by atoms with Gasteiger partial charge in [-0.3, -0.25) is 0 Å². The molecule has 0 bridgehead atoms. The Balaban J connectivity index is 2.08. The van der Waals surface area contributed by atoms with Crippen LogP contribution in [0.15, 0.2) is 4.21 Å². The molecule has 2 aliphatic heterocycles. The number of carbonyl (C=O) groups is 1. The maximum absolute atomic E-state index is 12.8. The highest BCUT2D eigenvalue weighted by atomic mass is 32.2. The molecule has 1 saturated heterocycles. The molecule has 0 atom stereocenters. The number of rotatable bonds is 3. The number of carboxylic acids is 1. The van der Waals surface area contributed by atoms with Crippen LogP contribution in [-0.2, 0) is 23.0 Å². The lowest BCUT2D eigenvalue weighted by atomic mass is 10.1. The first-order valence-corrected chi connectivity index (χ1v) is 10.1. The smallest absolute Gasteiger partial charge is 0.338 e. The molecule has 0 aliphatic carbocycles. The van der Waals surface area contributed by atoms with E-state index in [1.165, 1.54) is 4.31 Å². The third-order valence-corrected chi connectivity index (χ3v) is 8.22. The van der Waals surface area contributed by atoms with Crippen molar-refractivity contribution in [2.24, 2.45) is 0 Å². The molecule has 1 fully saturated rings. The van der Waals surface area contributed by atoms with Crippen LogP contribution in [0.25, 0.3) is 0 Å². The summed E-state index contributed by atoms with van der Waals surface area (Å²) in [7, 11) is -3.70. The molecule has 3 rings (SSSR count). The van der Waals surface area contributed by atoms with Crippen LogP contribution in [0.5, 0.6) is 0 Å². The average Bonchev–Trinajstić information content (AvgIpc) is 2.88. The van der Waals surface area contributed by atoms with Gasteiger partial charge in [-0.1, -0.05) is 0 Å². The number of thioether (sulfide) groups is 1. The first-order chi connectivity index (χ1) is 10.0. The molecule has 0 amide bonds. The summed E-state index contributed by atoms with van der Waals surface area (Å²) >= 11 is 2.83. The first-order valence-electron chi connectivity index (χ1n) is 6.68. The van der Waals surface area contributed by atoms with Crippen molar-refractivity contribution < 1.29 is 18.3 Å². The number of thiophene rings is 1. The molecule has 9 heteroatoms. The van der Waals surface area contributed by atoms with Crippen molar-refractivity contribution in [2.75, 3.05) is 31.1 Å². The Morgan fingerprint density at radius 2 is 2.00 bits per heavy atom. The van der Waals surface area contributed by atoms with E-state index in [0.717, 1.165) is 27.7 Å². The van der Waals surface area contributed by atoms with Gasteiger partial charge < -0.3 is 10.4 Å². The van der Waals surface area contributed by atoms with E-state index in [4.69, 9.17) is 0 Å². The largest absolute Gasteiger partial charge is 0.478 e. The topological polar surface area (TPSA) is 86.7 Å². The highest BCUT2D eigenvalue weighted by Crippen LogP contribution is 2.36. The summed E-state index contributed by atoms with van der Waals surface area (Å²) < 4.78 is 27.0. The molecule has 2 aliphatic rings. The lowest BCUT2D eigenvalue weighted by Gasteiger charge is -2.25. The first kappa shape index (κ1) is 15.3. The van der Waals surface area contributed by atoms with Crippen LogP contribution in [-0.4, -0.2) is 54.9 Å². The fraction of sp³-hybridized carbons (Fsp3) is 0.583. The van der Waals surface area contributed by atoms with Crippen molar-refractivity contribution in [3.05, 3.63) is 16.0 Å². The van der Waals surface area contributed by atoms with E-state index in [2.05, 4.69) is 5.32 Å². The second kappa shape index (κ2) is 5.88. The second-order valence-corrected chi connectivity index (χ2v) is 9.38. The van der Waals surface area contributed by atoms with Gasteiger partial charge in [0.2, 0.25) is 0 Å². The fourth-order valence-corrected chi connectivity index (χ4v) is 7.19. The Hall–Kier alpha value is -0.610. The van der Waals surface area contributed by atoms with Gasteiger partial charge in [-0.2, -0.15) is 16.1 Å². The molecule has 0 spiro atoms. The number of fused-ring (bicyclic) bond motifs is 1. The van der Waals surface area contributed by atoms with Crippen LogP contribution < -0.4 is 5.32 Å². The second-order valence-electron chi connectivity index (χ2n) is 4.91. The maximum atomic E-state index is 12.8. The summed E-state index contributed by atoms with van der Waals surface area (Å²) in [4.78, 5) is 12.4. The van der Waals surface area contributed by atoms with Crippen LogP contribution >= 0.6 is 23.1 Å². The molecule has 116 valence electrons. The molecule has 0 unspecified atom stereocenters. The van der Waals surface area contributed by atoms with E-state index in [9.17, 15) is 18.3 Å². The van der Waals surface area contributed by atoms with E-state index in [1.807, 2.05) is 0 Å². The normalized spacial score (nSPS) is 20.2. The van der Waals surface area contributed by atoms with Crippen molar-refractivity contribution in [1.29, 1.82) is 0 Å². The lowest BCUT2D eigenvalue weighted by Crippen LogP contribution is -2.38. The minimum Gasteiger partial charge on any atom is -0.478 e. The van der Waals surface area contributed by atoms with Gasteiger partial charge >= 0.3 is 5.97 Å². The van der Waals surface area contributed by atoms with Crippen LogP contribution in [0.4, 0.5) is 0 Å². The molecule has 1 aromatic heterocycles. The third kappa shape index (κ3) is 2.72. The highest BCUT2D eigenvalue weighted by Gasteiger charge is 2.35. The van der Waals surface area contributed by atoms with Crippen molar-refractivity contribution in [2.45, 2.75) is 17.2 Å². The molecule has 0 saturated carbocycles. The molecular formula is C12H16N2O4S3. The lowest BCUT2D eigenvalue weighted by molar-refractivity contribution is 0.0692. The zero-order valence-electron chi connectivity index (χ0n) is 11.3. The van der Waals surface area contributed by atoms with Crippen molar-refractivity contribution in [3.63, 3.8) is 0 Å². The van der Waals surface area contributed by atoms with E-state index < -0.39 is 16.0 Å². The quantitative estimate of drug-likeness (QED) is 0.841. The molecule has 1 aromatic rings. The maximum Gasteiger partial charge on any atom is 0.338 e. The van der Waals surface area contributed by atoms with Gasteiger partial charge in [-0.15, -0.1) is 11.3 Å². The number of aromatic carboxylic acids is 1. The highest BCUT2D eigenvalue weighted by molar-refractivity contribution is 7.99. The minimum atomic E-state index is -3.70. The number of carboxylic acid groups (broad SMARTS) is 1. The van der Waals surface area contributed by atoms with Crippen LogP contribution in [0.3, 0.4) is 0 Å². The zero-order chi connectivity index (χ0) is 15.0. The van der Waals surface area contributed by atoms with Crippen LogP contribution in [0, 0.1) is 0 Å². The van der Waals surface area contributed by atoms with Gasteiger partial charge in [0, 0.05) is 36.0 Å². The Morgan fingerprint density at radius 3 is 2.67 bits per heavy atom. The minimum absolute atomic E-state index is 0.00488. The third-order valence-electron chi connectivity index (χ3n) is 3.65. The molecule has 21 heavy (non-hydrogen) atoms.